The molecule has 1 aliphatic rings. The van der Waals surface area contributed by atoms with Gasteiger partial charge in [-0.15, -0.1) is 0 Å². The molecule has 2 N–H and O–H groups in total. The fraction of sp³-hybridized carbons (Fsp3) is 0.833. The molecule has 0 aromatic heterocycles. The van der Waals surface area contributed by atoms with Crippen LogP contribution in [0.3, 0.4) is 0 Å². The van der Waals surface area contributed by atoms with E-state index in [-0.39, 0.29) is 12.2 Å². The van der Waals surface area contributed by atoms with Gasteiger partial charge in [-0.25, -0.2) is 0 Å². The molecule has 1 heterocycles. The van der Waals surface area contributed by atoms with Crippen LogP contribution in [0, 0.1) is 0 Å². The monoisotopic (exact) mass is 310 g/mol. The largest absolute Gasteiger partial charge is 0.382 e. The Morgan fingerprint density at radius 3 is 2.45 bits per heavy atom. The van der Waals surface area contributed by atoms with Crippen molar-refractivity contribution >= 4 is 7.60 Å². The van der Waals surface area contributed by atoms with E-state index in [1.165, 1.54) is 7.11 Å². The van der Waals surface area contributed by atoms with Crippen LogP contribution >= 0.6 is 7.60 Å². The van der Waals surface area contributed by atoms with Crippen LogP contribution in [-0.2, 0) is 23.5 Å². The van der Waals surface area contributed by atoms with Gasteiger partial charge in [0.25, 0.3) is 0 Å². The van der Waals surface area contributed by atoms with Crippen LogP contribution in [-0.4, -0.2) is 67.8 Å². The molecule has 0 spiro atoms. The molecular formula is C12H23O7P. The van der Waals surface area contributed by atoms with Gasteiger partial charge in [-0.3, -0.25) is 4.57 Å². The second-order valence-corrected chi connectivity index (χ2v) is 6.42. The van der Waals surface area contributed by atoms with Crippen molar-refractivity contribution in [2.45, 2.75) is 31.3 Å². The molecule has 0 amide bonds. The Balaban J connectivity index is 2.69. The van der Waals surface area contributed by atoms with Gasteiger partial charge in [0.2, 0.25) is 0 Å². The first kappa shape index (κ1) is 17.8. The summed E-state index contributed by atoms with van der Waals surface area (Å²) in [6, 6.07) is 0. The third-order valence-electron chi connectivity index (χ3n) is 3.13. The van der Waals surface area contributed by atoms with Crippen molar-refractivity contribution < 1.29 is 33.3 Å². The molecular weight excluding hydrogens is 287 g/mol. The first-order valence-corrected chi connectivity index (χ1v) is 8.11. The van der Waals surface area contributed by atoms with E-state index in [1.54, 1.807) is 7.11 Å². The van der Waals surface area contributed by atoms with Crippen LogP contribution in [0.5, 0.6) is 0 Å². The molecule has 1 fully saturated rings. The Hall–Kier alpha value is -0.270. The summed E-state index contributed by atoms with van der Waals surface area (Å²) in [5.41, 5.74) is 0.315. The Labute approximate surface area is 119 Å². The summed E-state index contributed by atoms with van der Waals surface area (Å²) >= 11 is 0. The van der Waals surface area contributed by atoms with Crippen molar-refractivity contribution in [1.82, 2.24) is 0 Å². The molecule has 0 aromatic carbocycles. The van der Waals surface area contributed by atoms with Crippen LogP contribution in [0.15, 0.2) is 12.2 Å². The molecule has 1 saturated heterocycles. The van der Waals surface area contributed by atoms with Crippen molar-refractivity contribution in [3.63, 3.8) is 0 Å². The molecule has 0 unspecified atom stereocenters. The van der Waals surface area contributed by atoms with Crippen molar-refractivity contribution in [3.05, 3.63) is 12.2 Å². The predicted molar refractivity (Wildman–Crippen MR) is 72.8 cm³/mol. The minimum Gasteiger partial charge on any atom is -0.382 e. The highest BCUT2D eigenvalue weighted by atomic mass is 31.2. The van der Waals surface area contributed by atoms with E-state index >= 15 is 0 Å². The lowest BCUT2D eigenvalue weighted by Gasteiger charge is -2.23. The zero-order valence-corrected chi connectivity index (χ0v) is 12.9. The van der Waals surface area contributed by atoms with E-state index in [9.17, 15) is 4.57 Å². The molecule has 0 aromatic rings. The van der Waals surface area contributed by atoms with Crippen molar-refractivity contribution in [3.8, 4) is 0 Å². The van der Waals surface area contributed by atoms with Crippen molar-refractivity contribution in [2.75, 3.05) is 33.6 Å². The van der Waals surface area contributed by atoms with Crippen LogP contribution < -0.4 is 0 Å². The van der Waals surface area contributed by atoms with Crippen LogP contribution in [0.2, 0.25) is 0 Å². The van der Waals surface area contributed by atoms with Gasteiger partial charge in [0.1, 0.15) is 18.3 Å². The van der Waals surface area contributed by atoms with Gasteiger partial charge in [-0.05, 0) is 12.5 Å². The van der Waals surface area contributed by atoms with Crippen LogP contribution in [0.25, 0.3) is 0 Å². The molecule has 1 rings (SSSR count). The first-order valence-electron chi connectivity index (χ1n) is 6.31. The number of methoxy groups -OCH3 is 2. The zero-order valence-electron chi connectivity index (χ0n) is 12.0. The molecule has 0 saturated carbocycles. The third-order valence-corrected chi connectivity index (χ3v) is 3.95. The maximum Gasteiger partial charge on any atom is 0.329 e. The van der Waals surface area contributed by atoms with Crippen LogP contribution in [0.1, 0.15) is 6.92 Å². The Morgan fingerprint density at radius 1 is 1.30 bits per heavy atom. The van der Waals surface area contributed by atoms with Gasteiger partial charge in [0, 0.05) is 14.2 Å². The molecule has 4 atom stereocenters. The summed E-state index contributed by atoms with van der Waals surface area (Å²) < 4.78 is 32.7. The predicted octanol–water partition coefficient (Wildman–Crippen LogP) is 0.554. The SMILES string of the molecule is C=C(CP(=O)(O)O)[C@H]1O[C@@H](C)[C@H](OCCOC)[C@@H]1OC. The highest BCUT2D eigenvalue weighted by molar-refractivity contribution is 7.52. The molecule has 0 bridgehead atoms. The Bertz CT molecular complexity index is 367. The summed E-state index contributed by atoms with van der Waals surface area (Å²) in [7, 11) is -1.08. The van der Waals surface area contributed by atoms with E-state index in [0.29, 0.717) is 18.8 Å². The third kappa shape index (κ3) is 4.93. The molecule has 1 aliphatic heterocycles. The fourth-order valence-electron chi connectivity index (χ4n) is 2.26. The van der Waals surface area contributed by atoms with Crippen molar-refractivity contribution in [1.29, 1.82) is 0 Å². The van der Waals surface area contributed by atoms with Crippen LogP contribution in [0.4, 0.5) is 0 Å². The molecule has 0 aliphatic carbocycles. The topological polar surface area (TPSA) is 94.5 Å². The standard InChI is InChI=1S/C12H23O7P/c1-8(7-20(13,14)15)10-12(17-4)11(9(2)19-10)18-6-5-16-3/h9-12H,1,5-7H2,2-4H3,(H2,13,14,15)/t9-,10+,11-,12+/m0/s1. The maximum absolute atomic E-state index is 11.1. The minimum absolute atomic E-state index is 0.254. The smallest absolute Gasteiger partial charge is 0.329 e. The van der Waals surface area contributed by atoms with Gasteiger partial charge in [-0.1, -0.05) is 6.58 Å². The van der Waals surface area contributed by atoms with Gasteiger partial charge >= 0.3 is 7.60 Å². The van der Waals surface area contributed by atoms with Gasteiger partial charge in [0.15, 0.2) is 0 Å². The summed E-state index contributed by atoms with van der Waals surface area (Å²) in [4.78, 5) is 18.0. The van der Waals surface area contributed by atoms with E-state index < -0.39 is 26.0 Å². The lowest BCUT2D eigenvalue weighted by molar-refractivity contribution is -0.0590. The number of hydrogen-bond acceptors (Lipinski definition) is 5. The van der Waals surface area contributed by atoms with E-state index in [4.69, 9.17) is 28.7 Å². The highest BCUT2D eigenvalue weighted by Gasteiger charge is 2.45. The summed E-state index contributed by atoms with van der Waals surface area (Å²) in [5.74, 6) is 0. The molecule has 20 heavy (non-hydrogen) atoms. The molecule has 118 valence electrons. The lowest BCUT2D eigenvalue weighted by atomic mass is 10.0. The average molecular weight is 310 g/mol. The van der Waals surface area contributed by atoms with E-state index in [2.05, 4.69) is 6.58 Å². The normalized spacial score (nSPS) is 30.6. The summed E-state index contributed by atoms with van der Waals surface area (Å²) in [6.45, 7) is 6.38. The summed E-state index contributed by atoms with van der Waals surface area (Å²) in [6.07, 6.45) is -2.03. The number of hydrogen-bond donors (Lipinski definition) is 2. The lowest BCUT2D eigenvalue weighted by Crippen LogP contribution is -2.37. The second-order valence-electron chi connectivity index (χ2n) is 4.77. The van der Waals surface area contributed by atoms with Crippen molar-refractivity contribution in [2.24, 2.45) is 0 Å². The van der Waals surface area contributed by atoms with Gasteiger partial charge in [-0.2, -0.15) is 0 Å². The highest BCUT2D eigenvalue weighted by Crippen LogP contribution is 2.40. The van der Waals surface area contributed by atoms with Gasteiger partial charge < -0.3 is 28.7 Å². The van der Waals surface area contributed by atoms with E-state index in [1.807, 2.05) is 6.92 Å². The number of rotatable bonds is 8. The van der Waals surface area contributed by atoms with E-state index in [0.717, 1.165) is 0 Å². The van der Waals surface area contributed by atoms with Gasteiger partial charge in [0.05, 0.1) is 25.5 Å². The minimum atomic E-state index is -4.17. The summed E-state index contributed by atoms with van der Waals surface area (Å²) in [5, 5.41) is 0. The Kier molecular flexibility index (Phi) is 6.81. The first-order chi connectivity index (χ1) is 9.30. The molecule has 7 nitrogen and oxygen atoms in total. The fourth-order valence-corrected chi connectivity index (χ4v) is 2.97. The molecule has 0 radical (unpaired) electrons. The Morgan fingerprint density at radius 2 is 1.95 bits per heavy atom. The second kappa shape index (κ2) is 7.66. The average Bonchev–Trinajstić information content (AvgIpc) is 2.64. The zero-order chi connectivity index (χ0) is 15.3. The quantitative estimate of drug-likeness (QED) is 0.384. The molecule has 8 heteroatoms. The number of ether oxygens (including phenoxy) is 4. The maximum atomic E-state index is 11.1.